The van der Waals surface area contributed by atoms with Gasteiger partial charge in [-0.1, -0.05) is 12.1 Å². The van der Waals surface area contributed by atoms with Crippen LogP contribution in [0.3, 0.4) is 0 Å². The fourth-order valence-electron chi connectivity index (χ4n) is 3.47. The van der Waals surface area contributed by atoms with Crippen molar-refractivity contribution in [3.63, 3.8) is 0 Å². The van der Waals surface area contributed by atoms with Gasteiger partial charge in [0.05, 0.1) is 29.4 Å². The average molecular weight is 532 g/mol. The Kier molecular flexibility index (Phi) is 7.10. The van der Waals surface area contributed by atoms with E-state index in [0.717, 1.165) is 5.69 Å². The van der Waals surface area contributed by atoms with E-state index in [1.165, 1.54) is 36.7 Å². The summed E-state index contributed by atoms with van der Waals surface area (Å²) in [6.07, 6.45) is 2.97. The highest BCUT2D eigenvalue weighted by molar-refractivity contribution is 7.85. The number of benzene rings is 1. The molecule has 0 saturated heterocycles. The summed E-state index contributed by atoms with van der Waals surface area (Å²) in [6.45, 7) is 5.09. The fraction of sp³-hybridized carbons (Fsp3) is 0.227. The molecule has 188 valence electrons. The number of rotatable bonds is 5. The molecule has 0 saturated carbocycles. The van der Waals surface area contributed by atoms with Crippen LogP contribution in [0.1, 0.15) is 31.3 Å². The third kappa shape index (κ3) is 5.24. The molecule has 5 aromatic rings. The predicted octanol–water partition coefficient (Wildman–Crippen LogP) is 3.60. The van der Waals surface area contributed by atoms with Crippen LogP contribution < -0.4 is 10.9 Å². The number of nitrogens with one attached hydrogen (secondary N) is 2. The molecule has 36 heavy (non-hydrogen) atoms. The van der Waals surface area contributed by atoms with Crippen LogP contribution in [0, 0.1) is 12.7 Å². The maximum atomic E-state index is 14.0. The molecule has 0 aliphatic rings. The molecule has 0 amide bonds. The highest BCUT2D eigenvalue weighted by atomic mass is 32.2. The summed E-state index contributed by atoms with van der Waals surface area (Å²) in [6, 6.07) is 5.58. The molecule has 1 atom stereocenters. The van der Waals surface area contributed by atoms with Crippen LogP contribution in [0.2, 0.25) is 0 Å². The molecule has 0 aliphatic carbocycles. The summed E-state index contributed by atoms with van der Waals surface area (Å²) in [5.74, 6) is -0.101. The molecule has 5 rings (SSSR count). The van der Waals surface area contributed by atoms with Gasteiger partial charge < -0.3 is 10.3 Å². The van der Waals surface area contributed by atoms with Crippen molar-refractivity contribution in [3.8, 4) is 11.1 Å². The number of thiazole rings is 1. The molecule has 14 heteroatoms. The Bertz CT molecular complexity index is 1710. The van der Waals surface area contributed by atoms with E-state index < -0.39 is 22.0 Å². The van der Waals surface area contributed by atoms with Crippen molar-refractivity contribution in [3.05, 3.63) is 69.9 Å². The van der Waals surface area contributed by atoms with Crippen LogP contribution in [-0.4, -0.2) is 48.0 Å². The number of anilines is 1. The fourth-order valence-corrected chi connectivity index (χ4v) is 4.34. The van der Waals surface area contributed by atoms with Crippen molar-refractivity contribution in [2.24, 2.45) is 0 Å². The Morgan fingerprint density at radius 2 is 2.03 bits per heavy atom. The predicted molar refractivity (Wildman–Crippen MR) is 135 cm³/mol. The van der Waals surface area contributed by atoms with Gasteiger partial charge in [-0.3, -0.25) is 13.7 Å². The van der Waals surface area contributed by atoms with Gasteiger partial charge in [-0.25, -0.2) is 24.3 Å². The van der Waals surface area contributed by atoms with Crippen molar-refractivity contribution in [2.45, 2.75) is 26.8 Å². The lowest BCUT2D eigenvalue weighted by molar-refractivity contribution is 0.484. The molecule has 1 unspecified atom stereocenters. The van der Waals surface area contributed by atoms with E-state index in [1.807, 2.05) is 19.2 Å². The molecule has 4 aromatic heterocycles. The first kappa shape index (κ1) is 25.3. The molecule has 0 fully saturated rings. The molecule has 0 aliphatic heterocycles. The maximum Gasteiger partial charge on any atom is 0.266 e. The number of aromatic amines is 1. The molecule has 1 aromatic carbocycles. The number of H-pyrrole nitrogens is 1. The van der Waals surface area contributed by atoms with Gasteiger partial charge >= 0.3 is 0 Å². The van der Waals surface area contributed by atoms with Crippen molar-refractivity contribution in [1.82, 2.24) is 29.3 Å². The van der Waals surface area contributed by atoms with Crippen molar-refractivity contribution in [2.75, 3.05) is 11.1 Å². The van der Waals surface area contributed by atoms with E-state index in [1.54, 1.807) is 22.9 Å². The van der Waals surface area contributed by atoms with Crippen molar-refractivity contribution >= 4 is 43.4 Å². The van der Waals surface area contributed by atoms with Crippen LogP contribution in [0.5, 0.6) is 0 Å². The highest BCUT2D eigenvalue weighted by Gasteiger charge is 2.22. The Labute approximate surface area is 208 Å². The SMILES string of the molecule is CCS(=O)(=O)O.Cc1csc2nc(C(C)Nc3ncnc4[nH]cnc34)c(-c3cccc(F)c3)c(=O)n12. The van der Waals surface area contributed by atoms with Gasteiger partial charge in [-0.15, -0.1) is 11.3 Å². The molecular formula is C22H22FN7O4S2. The largest absolute Gasteiger partial charge is 0.360 e. The van der Waals surface area contributed by atoms with Crippen LogP contribution >= 0.6 is 11.3 Å². The highest BCUT2D eigenvalue weighted by Crippen LogP contribution is 2.29. The number of hydrogen-bond donors (Lipinski definition) is 3. The van der Waals surface area contributed by atoms with Crippen LogP contribution in [0.4, 0.5) is 10.2 Å². The normalized spacial score (nSPS) is 12.4. The number of halogens is 1. The maximum absolute atomic E-state index is 14.0. The number of hydrogen-bond acceptors (Lipinski definition) is 9. The Morgan fingerprint density at radius 1 is 1.28 bits per heavy atom. The number of aryl methyl sites for hydroxylation is 1. The molecule has 0 radical (unpaired) electrons. The first-order valence-corrected chi connectivity index (χ1v) is 13.2. The zero-order valence-electron chi connectivity index (χ0n) is 19.4. The smallest absolute Gasteiger partial charge is 0.266 e. The quantitative estimate of drug-likeness (QED) is 0.288. The second-order valence-corrected chi connectivity index (χ2v) is 10.3. The van der Waals surface area contributed by atoms with Gasteiger partial charge in [0.25, 0.3) is 15.7 Å². The third-order valence-corrected chi connectivity index (χ3v) is 6.90. The molecule has 0 spiro atoms. The molecule has 3 N–H and O–H groups in total. The average Bonchev–Trinajstić information content (AvgIpc) is 3.46. The van der Waals surface area contributed by atoms with Gasteiger partial charge in [-0.2, -0.15) is 8.42 Å². The van der Waals surface area contributed by atoms with E-state index in [9.17, 15) is 17.6 Å². The number of nitrogens with zero attached hydrogens (tertiary/aromatic N) is 5. The molecule has 4 heterocycles. The standard InChI is InChI=1S/C20H16FN7OS.C2H6O3S/c1-10-7-30-20-27-15(11(2)26-18-16-17(23-8-22-16)24-9-25-18)14(19(29)28(10)20)12-4-3-5-13(21)6-12;1-2-6(3,4)5/h3-9,11H,1-2H3,(H2,22,23,24,25,26);2H2,1H3,(H,3,4,5). The van der Waals surface area contributed by atoms with E-state index in [0.29, 0.717) is 38.8 Å². The van der Waals surface area contributed by atoms with Gasteiger partial charge in [-0.05, 0) is 38.5 Å². The summed E-state index contributed by atoms with van der Waals surface area (Å²) >= 11 is 1.38. The third-order valence-electron chi connectivity index (χ3n) is 5.23. The molecule has 11 nitrogen and oxygen atoms in total. The Morgan fingerprint density at radius 3 is 2.72 bits per heavy atom. The van der Waals surface area contributed by atoms with Crippen LogP contribution in [-0.2, 0) is 10.1 Å². The summed E-state index contributed by atoms with van der Waals surface area (Å²) in [5, 5.41) is 5.15. The van der Waals surface area contributed by atoms with Gasteiger partial charge in [0.2, 0.25) is 0 Å². The lowest BCUT2D eigenvalue weighted by atomic mass is 10.0. The van der Waals surface area contributed by atoms with Crippen molar-refractivity contribution < 1.29 is 17.4 Å². The van der Waals surface area contributed by atoms with E-state index in [-0.39, 0.29) is 11.3 Å². The van der Waals surface area contributed by atoms with Gasteiger partial charge in [0.1, 0.15) is 17.7 Å². The Balaban J connectivity index is 0.000000455. The first-order chi connectivity index (χ1) is 17.1. The minimum absolute atomic E-state index is 0.201. The summed E-state index contributed by atoms with van der Waals surface area (Å²) < 4.78 is 42.4. The van der Waals surface area contributed by atoms with Gasteiger partial charge in [0, 0.05) is 11.1 Å². The molecule has 0 bridgehead atoms. The molecular weight excluding hydrogens is 509 g/mol. The van der Waals surface area contributed by atoms with Gasteiger partial charge in [0.15, 0.2) is 16.4 Å². The Hall–Kier alpha value is -3.75. The lowest BCUT2D eigenvalue weighted by Crippen LogP contribution is -2.23. The second kappa shape index (κ2) is 10.1. The summed E-state index contributed by atoms with van der Waals surface area (Å²) in [5.41, 5.74) is 3.06. The number of fused-ring (bicyclic) bond motifs is 2. The number of imidazole rings is 1. The summed E-state index contributed by atoms with van der Waals surface area (Å²) in [4.78, 5) is 34.3. The minimum Gasteiger partial charge on any atom is -0.360 e. The second-order valence-electron chi connectivity index (χ2n) is 7.74. The van der Waals surface area contributed by atoms with E-state index >= 15 is 0 Å². The lowest BCUT2D eigenvalue weighted by Gasteiger charge is -2.18. The minimum atomic E-state index is -3.66. The topological polar surface area (TPSA) is 155 Å². The van der Waals surface area contributed by atoms with Crippen molar-refractivity contribution in [1.29, 1.82) is 0 Å². The first-order valence-electron chi connectivity index (χ1n) is 10.7. The van der Waals surface area contributed by atoms with Crippen LogP contribution in [0.25, 0.3) is 27.3 Å². The zero-order chi connectivity index (χ0) is 26.0. The van der Waals surface area contributed by atoms with E-state index in [4.69, 9.17) is 9.54 Å². The monoisotopic (exact) mass is 531 g/mol. The summed E-state index contributed by atoms with van der Waals surface area (Å²) in [7, 11) is -3.66. The number of aromatic nitrogens is 6. The zero-order valence-corrected chi connectivity index (χ0v) is 21.1. The van der Waals surface area contributed by atoms with E-state index in [2.05, 4.69) is 25.3 Å². The van der Waals surface area contributed by atoms with Crippen LogP contribution in [0.15, 0.2) is 47.1 Å².